The second-order valence-electron chi connectivity index (χ2n) is 4.58. The second kappa shape index (κ2) is 4.87. The van der Waals surface area contributed by atoms with E-state index in [9.17, 15) is 4.79 Å². The molecule has 1 heterocycles. The number of carbonyl (C=O) groups is 1. The van der Waals surface area contributed by atoms with Crippen molar-refractivity contribution >= 4 is 34.8 Å². The molecule has 0 saturated heterocycles. The van der Waals surface area contributed by atoms with E-state index in [2.05, 4.69) is 5.32 Å². The topological polar surface area (TPSA) is 29.1 Å². The molecule has 1 N–H and O–H groups in total. The van der Waals surface area contributed by atoms with Crippen LogP contribution in [0.4, 0.5) is 5.69 Å². The predicted molar refractivity (Wildman–Crippen MR) is 78.0 cm³/mol. The molecule has 0 aromatic heterocycles. The number of hydrogen-bond donors (Lipinski definition) is 1. The van der Waals surface area contributed by atoms with Crippen molar-refractivity contribution in [1.29, 1.82) is 0 Å². The first-order valence-corrected chi connectivity index (χ1v) is 6.74. The van der Waals surface area contributed by atoms with Crippen molar-refractivity contribution in [2.45, 2.75) is 12.3 Å². The van der Waals surface area contributed by atoms with E-state index in [0.29, 0.717) is 16.5 Å². The number of fused-ring (bicyclic) bond motifs is 1. The molecule has 1 unspecified atom stereocenters. The number of benzene rings is 2. The van der Waals surface area contributed by atoms with Crippen molar-refractivity contribution < 1.29 is 4.79 Å². The highest BCUT2D eigenvalue weighted by molar-refractivity contribution is 6.42. The zero-order valence-corrected chi connectivity index (χ0v) is 11.5. The molecule has 96 valence electrons. The number of halogens is 2. The Hall–Kier alpha value is -1.51. The van der Waals surface area contributed by atoms with Gasteiger partial charge in [-0.05, 0) is 35.7 Å². The van der Waals surface area contributed by atoms with Crippen molar-refractivity contribution in [3.8, 4) is 0 Å². The van der Waals surface area contributed by atoms with Crippen molar-refractivity contribution in [2.75, 3.05) is 5.32 Å². The second-order valence-corrected chi connectivity index (χ2v) is 5.40. The zero-order chi connectivity index (χ0) is 13.4. The normalized spacial score (nSPS) is 17.2. The van der Waals surface area contributed by atoms with Gasteiger partial charge in [-0.3, -0.25) is 4.79 Å². The lowest BCUT2D eigenvalue weighted by Gasteiger charge is -2.09. The molecule has 1 aliphatic rings. The molecule has 0 aliphatic carbocycles. The number of anilines is 1. The van der Waals surface area contributed by atoms with E-state index in [1.54, 1.807) is 6.07 Å². The molecule has 1 amide bonds. The molecular weight excluding hydrogens is 281 g/mol. The van der Waals surface area contributed by atoms with Gasteiger partial charge in [0.1, 0.15) is 0 Å². The van der Waals surface area contributed by atoms with E-state index in [4.69, 9.17) is 23.2 Å². The summed E-state index contributed by atoms with van der Waals surface area (Å²) in [5, 5.41) is 3.94. The van der Waals surface area contributed by atoms with Gasteiger partial charge in [0, 0.05) is 5.69 Å². The summed E-state index contributed by atoms with van der Waals surface area (Å²) in [4.78, 5) is 12.0. The van der Waals surface area contributed by atoms with Gasteiger partial charge in [-0.2, -0.15) is 0 Å². The lowest BCUT2D eigenvalue weighted by Crippen LogP contribution is -2.14. The first-order valence-electron chi connectivity index (χ1n) is 5.99. The average Bonchev–Trinajstić information content (AvgIpc) is 2.71. The fourth-order valence-electron chi connectivity index (χ4n) is 2.38. The summed E-state index contributed by atoms with van der Waals surface area (Å²) < 4.78 is 0. The van der Waals surface area contributed by atoms with Gasteiger partial charge in [-0.1, -0.05) is 47.5 Å². The van der Waals surface area contributed by atoms with Gasteiger partial charge in [0.2, 0.25) is 5.91 Å². The molecule has 0 bridgehead atoms. The van der Waals surface area contributed by atoms with E-state index in [1.807, 2.05) is 36.4 Å². The van der Waals surface area contributed by atoms with Crippen LogP contribution in [0, 0.1) is 0 Å². The third-order valence-electron chi connectivity index (χ3n) is 3.33. The monoisotopic (exact) mass is 291 g/mol. The smallest absolute Gasteiger partial charge is 0.232 e. The minimum absolute atomic E-state index is 0.0345. The Labute approximate surface area is 121 Å². The van der Waals surface area contributed by atoms with Crippen molar-refractivity contribution in [3.05, 3.63) is 63.6 Å². The van der Waals surface area contributed by atoms with Gasteiger partial charge in [0.25, 0.3) is 0 Å². The molecule has 3 rings (SSSR count). The highest BCUT2D eigenvalue weighted by Gasteiger charge is 2.30. The molecule has 2 nitrogen and oxygen atoms in total. The summed E-state index contributed by atoms with van der Waals surface area (Å²) in [6.07, 6.45) is 0.625. The van der Waals surface area contributed by atoms with Crippen LogP contribution in [-0.2, 0) is 11.2 Å². The summed E-state index contributed by atoms with van der Waals surface area (Å²) in [6.45, 7) is 0. The van der Waals surface area contributed by atoms with Gasteiger partial charge in [-0.25, -0.2) is 0 Å². The lowest BCUT2D eigenvalue weighted by atomic mass is 9.93. The minimum atomic E-state index is -0.159. The molecule has 2 aromatic carbocycles. The van der Waals surface area contributed by atoms with Crippen LogP contribution in [0.25, 0.3) is 0 Å². The lowest BCUT2D eigenvalue weighted by molar-refractivity contribution is -0.117. The maximum absolute atomic E-state index is 12.0. The van der Waals surface area contributed by atoms with Gasteiger partial charge < -0.3 is 5.32 Å². The molecule has 0 spiro atoms. The van der Waals surface area contributed by atoms with Crippen molar-refractivity contribution in [2.24, 2.45) is 0 Å². The quantitative estimate of drug-likeness (QED) is 0.879. The Morgan fingerprint density at radius 1 is 1.05 bits per heavy atom. The maximum atomic E-state index is 12.0. The Balaban J connectivity index is 1.91. The van der Waals surface area contributed by atoms with Gasteiger partial charge in [-0.15, -0.1) is 0 Å². The summed E-state index contributed by atoms with van der Waals surface area (Å²) in [6, 6.07) is 13.2. The minimum Gasteiger partial charge on any atom is -0.325 e. The van der Waals surface area contributed by atoms with Gasteiger partial charge >= 0.3 is 0 Å². The Morgan fingerprint density at radius 2 is 1.84 bits per heavy atom. The van der Waals surface area contributed by atoms with E-state index in [1.165, 1.54) is 0 Å². The van der Waals surface area contributed by atoms with Gasteiger partial charge in [0.15, 0.2) is 0 Å². The number of nitrogens with one attached hydrogen (secondary N) is 1. The first-order chi connectivity index (χ1) is 9.15. The highest BCUT2D eigenvalue weighted by atomic mass is 35.5. The number of amides is 1. The SMILES string of the molecule is O=C1Nc2ccccc2C1Cc1ccc(Cl)c(Cl)c1. The third-order valence-corrected chi connectivity index (χ3v) is 4.07. The first kappa shape index (κ1) is 12.5. The Bertz CT molecular complexity index is 654. The molecular formula is C15H11Cl2NO. The largest absolute Gasteiger partial charge is 0.325 e. The number of hydrogen-bond acceptors (Lipinski definition) is 1. The number of carbonyl (C=O) groups excluding carboxylic acids is 1. The predicted octanol–water partition coefficient (Wildman–Crippen LogP) is 4.27. The van der Waals surface area contributed by atoms with Crippen molar-refractivity contribution in [1.82, 2.24) is 0 Å². The molecule has 4 heteroatoms. The Morgan fingerprint density at radius 3 is 2.63 bits per heavy atom. The fraction of sp³-hybridized carbons (Fsp3) is 0.133. The van der Waals surface area contributed by atoms with Crippen LogP contribution in [0.2, 0.25) is 10.0 Å². The maximum Gasteiger partial charge on any atom is 0.232 e. The van der Waals surface area contributed by atoms with Crippen LogP contribution in [-0.4, -0.2) is 5.91 Å². The van der Waals surface area contributed by atoms with Crippen LogP contribution in [0.3, 0.4) is 0 Å². The van der Waals surface area contributed by atoms with Crippen LogP contribution < -0.4 is 5.32 Å². The van der Waals surface area contributed by atoms with Gasteiger partial charge in [0.05, 0.1) is 16.0 Å². The van der Waals surface area contributed by atoms with E-state index >= 15 is 0 Å². The number of para-hydroxylation sites is 1. The van der Waals surface area contributed by atoms with Crippen LogP contribution in [0.5, 0.6) is 0 Å². The molecule has 2 aromatic rings. The molecule has 1 atom stereocenters. The summed E-state index contributed by atoms with van der Waals surface area (Å²) in [5.74, 6) is -0.124. The number of rotatable bonds is 2. The summed E-state index contributed by atoms with van der Waals surface area (Å²) in [5.41, 5.74) is 2.95. The highest BCUT2D eigenvalue weighted by Crippen LogP contribution is 2.35. The molecule has 0 saturated carbocycles. The summed E-state index contributed by atoms with van der Waals surface area (Å²) >= 11 is 11.9. The fourth-order valence-corrected chi connectivity index (χ4v) is 2.70. The van der Waals surface area contributed by atoms with E-state index < -0.39 is 0 Å². The van der Waals surface area contributed by atoms with Crippen molar-refractivity contribution in [3.63, 3.8) is 0 Å². The molecule has 0 fully saturated rings. The Kier molecular flexibility index (Phi) is 3.21. The van der Waals surface area contributed by atoms with Crippen LogP contribution in [0.15, 0.2) is 42.5 Å². The van der Waals surface area contributed by atoms with E-state index in [0.717, 1.165) is 16.8 Å². The zero-order valence-electron chi connectivity index (χ0n) is 9.99. The third kappa shape index (κ3) is 2.34. The summed E-state index contributed by atoms with van der Waals surface area (Å²) in [7, 11) is 0. The molecule has 1 aliphatic heterocycles. The van der Waals surface area contributed by atoms with Crippen LogP contribution >= 0.6 is 23.2 Å². The molecule has 0 radical (unpaired) electrons. The standard InChI is InChI=1S/C15H11Cl2NO/c16-12-6-5-9(8-13(12)17)7-11-10-3-1-2-4-14(10)18-15(11)19/h1-6,8,11H,7H2,(H,18,19). The van der Waals surface area contributed by atoms with E-state index in [-0.39, 0.29) is 11.8 Å². The molecule has 19 heavy (non-hydrogen) atoms. The average molecular weight is 292 g/mol. The van der Waals surface area contributed by atoms with Crippen LogP contribution in [0.1, 0.15) is 17.0 Å².